The van der Waals surface area contributed by atoms with E-state index in [1.165, 1.54) is 0 Å². The summed E-state index contributed by atoms with van der Waals surface area (Å²) in [5, 5.41) is 0.967. The van der Waals surface area contributed by atoms with Gasteiger partial charge in [-0.1, -0.05) is 6.92 Å². The molecule has 1 aromatic heterocycles. The Morgan fingerprint density at radius 3 is 3.15 bits per heavy atom. The topological polar surface area (TPSA) is 71.3 Å². The van der Waals surface area contributed by atoms with E-state index in [4.69, 9.17) is 10.5 Å². The molecule has 0 saturated carbocycles. The van der Waals surface area contributed by atoms with Crippen molar-refractivity contribution < 1.29 is 9.53 Å². The van der Waals surface area contributed by atoms with Gasteiger partial charge in [-0.25, -0.2) is 0 Å². The molecule has 3 N–H and O–H groups in total. The van der Waals surface area contributed by atoms with E-state index in [9.17, 15) is 4.79 Å². The van der Waals surface area contributed by atoms with Crippen molar-refractivity contribution in [1.29, 1.82) is 0 Å². The molecule has 2 aromatic rings. The van der Waals surface area contributed by atoms with Gasteiger partial charge in [0.25, 0.3) is 5.91 Å². The lowest BCUT2D eigenvalue weighted by atomic mass is 10.1. The van der Waals surface area contributed by atoms with Gasteiger partial charge in [0, 0.05) is 23.1 Å². The Morgan fingerprint density at radius 2 is 2.35 bits per heavy atom. The Hall–Kier alpha value is -2.01. The highest BCUT2D eigenvalue weighted by Crippen LogP contribution is 2.21. The molecule has 106 valence electrons. The number of nitrogens with zero attached hydrogens (tertiary/aromatic N) is 1. The minimum atomic E-state index is 0.0370. The van der Waals surface area contributed by atoms with Crippen molar-refractivity contribution in [3.63, 3.8) is 0 Å². The van der Waals surface area contributed by atoms with Gasteiger partial charge in [-0.2, -0.15) is 0 Å². The van der Waals surface area contributed by atoms with Crippen LogP contribution < -0.4 is 5.73 Å². The predicted molar refractivity (Wildman–Crippen MR) is 78.6 cm³/mol. The number of nitrogens with two attached hydrogens (primary N) is 1. The number of rotatable bonds is 2. The van der Waals surface area contributed by atoms with E-state index in [0.29, 0.717) is 31.1 Å². The molecule has 1 amide bonds. The number of amides is 1. The second kappa shape index (κ2) is 5.17. The van der Waals surface area contributed by atoms with Crippen LogP contribution in [0.4, 0.5) is 5.69 Å². The Bertz CT molecular complexity index is 635. The monoisotopic (exact) mass is 273 g/mol. The molecule has 0 radical (unpaired) electrons. The number of morpholine rings is 1. The zero-order chi connectivity index (χ0) is 14.1. The molecule has 2 heterocycles. The Morgan fingerprint density at radius 1 is 1.50 bits per heavy atom. The second-order valence-corrected chi connectivity index (χ2v) is 5.17. The average Bonchev–Trinajstić information content (AvgIpc) is 2.89. The third-order valence-electron chi connectivity index (χ3n) is 3.83. The van der Waals surface area contributed by atoms with Crippen LogP contribution in [0.5, 0.6) is 0 Å². The van der Waals surface area contributed by atoms with Crippen molar-refractivity contribution in [2.24, 2.45) is 0 Å². The first-order valence-corrected chi connectivity index (χ1v) is 6.96. The maximum atomic E-state index is 12.6. The van der Waals surface area contributed by atoms with Crippen LogP contribution >= 0.6 is 0 Å². The van der Waals surface area contributed by atoms with E-state index in [2.05, 4.69) is 11.9 Å². The highest BCUT2D eigenvalue weighted by molar-refractivity contribution is 5.98. The molecule has 20 heavy (non-hydrogen) atoms. The standard InChI is InChI=1S/C15H19N3O2/c1-2-12-9-20-6-5-18(12)15(19)14-8-10-7-11(16)3-4-13(10)17-14/h3-4,7-8,12,17H,2,5-6,9,16H2,1H3. The van der Waals surface area contributed by atoms with E-state index < -0.39 is 0 Å². The molecule has 5 heteroatoms. The molecule has 5 nitrogen and oxygen atoms in total. The molecular weight excluding hydrogens is 254 g/mol. The molecule has 0 bridgehead atoms. The van der Waals surface area contributed by atoms with Gasteiger partial charge in [-0.15, -0.1) is 0 Å². The van der Waals surface area contributed by atoms with Crippen molar-refractivity contribution in [2.45, 2.75) is 19.4 Å². The van der Waals surface area contributed by atoms with Crippen LogP contribution in [0, 0.1) is 0 Å². The Labute approximate surface area is 117 Å². The third kappa shape index (κ3) is 2.25. The van der Waals surface area contributed by atoms with E-state index in [0.717, 1.165) is 17.3 Å². The summed E-state index contributed by atoms with van der Waals surface area (Å²) in [5.74, 6) is 0.0370. The third-order valence-corrected chi connectivity index (χ3v) is 3.83. The van der Waals surface area contributed by atoms with Crippen molar-refractivity contribution >= 4 is 22.5 Å². The number of fused-ring (bicyclic) bond motifs is 1. The van der Waals surface area contributed by atoms with Gasteiger partial charge < -0.3 is 20.4 Å². The van der Waals surface area contributed by atoms with Gasteiger partial charge in [0.2, 0.25) is 0 Å². The predicted octanol–water partition coefficient (Wildman–Crippen LogP) is 2.00. The van der Waals surface area contributed by atoms with Crippen LogP contribution in [0.3, 0.4) is 0 Å². The summed E-state index contributed by atoms with van der Waals surface area (Å²) < 4.78 is 5.44. The van der Waals surface area contributed by atoms with Crippen molar-refractivity contribution in [1.82, 2.24) is 9.88 Å². The first-order chi connectivity index (χ1) is 9.69. The lowest BCUT2D eigenvalue weighted by Crippen LogP contribution is -2.48. The van der Waals surface area contributed by atoms with Gasteiger partial charge >= 0.3 is 0 Å². The number of benzene rings is 1. The summed E-state index contributed by atoms with van der Waals surface area (Å²) >= 11 is 0. The molecule has 0 aliphatic carbocycles. The largest absolute Gasteiger partial charge is 0.399 e. The SMILES string of the molecule is CCC1COCCN1C(=O)c1cc2cc(N)ccc2[nH]1. The lowest BCUT2D eigenvalue weighted by Gasteiger charge is -2.34. The quantitative estimate of drug-likeness (QED) is 0.822. The normalized spacial score (nSPS) is 19.4. The van der Waals surface area contributed by atoms with Crippen LogP contribution in [0.15, 0.2) is 24.3 Å². The van der Waals surface area contributed by atoms with Crippen LogP contribution in [-0.2, 0) is 4.74 Å². The summed E-state index contributed by atoms with van der Waals surface area (Å²) in [7, 11) is 0. The van der Waals surface area contributed by atoms with Crippen molar-refractivity contribution in [2.75, 3.05) is 25.5 Å². The summed E-state index contributed by atoms with van der Waals surface area (Å²) in [6, 6.07) is 7.64. The number of hydrogen-bond donors (Lipinski definition) is 2. The van der Waals surface area contributed by atoms with Gasteiger partial charge in [0.1, 0.15) is 5.69 Å². The van der Waals surface area contributed by atoms with E-state index >= 15 is 0 Å². The van der Waals surface area contributed by atoms with Crippen LogP contribution in [0.1, 0.15) is 23.8 Å². The average molecular weight is 273 g/mol. The van der Waals surface area contributed by atoms with Gasteiger partial charge in [0.05, 0.1) is 19.3 Å². The fourth-order valence-electron chi connectivity index (χ4n) is 2.68. The van der Waals surface area contributed by atoms with E-state index in [1.54, 1.807) is 0 Å². The van der Waals surface area contributed by atoms with Crippen LogP contribution in [0.25, 0.3) is 10.9 Å². The molecule has 1 aliphatic rings. The van der Waals surface area contributed by atoms with Crippen molar-refractivity contribution in [3.8, 4) is 0 Å². The molecule has 1 unspecified atom stereocenters. The Kier molecular flexibility index (Phi) is 3.36. The molecule has 0 spiro atoms. The summed E-state index contributed by atoms with van der Waals surface area (Å²) in [5.41, 5.74) is 8.02. The number of carbonyl (C=O) groups excluding carboxylic acids is 1. The van der Waals surface area contributed by atoms with Gasteiger partial charge in [-0.05, 0) is 30.7 Å². The number of nitrogen functional groups attached to an aromatic ring is 1. The maximum absolute atomic E-state index is 12.6. The number of aromatic amines is 1. The molecule has 1 saturated heterocycles. The first-order valence-electron chi connectivity index (χ1n) is 6.96. The lowest BCUT2D eigenvalue weighted by molar-refractivity contribution is -0.00305. The Balaban J connectivity index is 1.91. The summed E-state index contributed by atoms with van der Waals surface area (Å²) in [6.45, 7) is 3.95. The number of nitrogens with one attached hydrogen (secondary N) is 1. The number of hydrogen-bond acceptors (Lipinski definition) is 3. The molecular formula is C15H19N3O2. The minimum Gasteiger partial charge on any atom is -0.399 e. The molecule has 3 rings (SSSR count). The zero-order valence-electron chi connectivity index (χ0n) is 11.6. The number of H-pyrrole nitrogens is 1. The number of carbonyl (C=O) groups is 1. The van der Waals surface area contributed by atoms with E-state index in [-0.39, 0.29) is 11.9 Å². The highest BCUT2D eigenvalue weighted by Gasteiger charge is 2.27. The number of ether oxygens (including phenoxy) is 1. The molecule has 1 aliphatic heterocycles. The summed E-state index contributed by atoms with van der Waals surface area (Å²) in [6.07, 6.45) is 0.902. The first kappa shape index (κ1) is 13.0. The van der Waals surface area contributed by atoms with E-state index in [1.807, 2.05) is 29.2 Å². The van der Waals surface area contributed by atoms with Gasteiger partial charge in [0.15, 0.2) is 0 Å². The summed E-state index contributed by atoms with van der Waals surface area (Å²) in [4.78, 5) is 17.7. The molecule has 1 atom stereocenters. The smallest absolute Gasteiger partial charge is 0.270 e. The van der Waals surface area contributed by atoms with Crippen LogP contribution in [0.2, 0.25) is 0 Å². The fourth-order valence-corrected chi connectivity index (χ4v) is 2.68. The van der Waals surface area contributed by atoms with Crippen molar-refractivity contribution in [3.05, 3.63) is 30.0 Å². The minimum absolute atomic E-state index is 0.0370. The number of aromatic nitrogens is 1. The number of anilines is 1. The van der Waals surface area contributed by atoms with Gasteiger partial charge in [-0.3, -0.25) is 4.79 Å². The molecule has 1 fully saturated rings. The van der Waals surface area contributed by atoms with Crippen LogP contribution in [-0.4, -0.2) is 41.6 Å². The second-order valence-electron chi connectivity index (χ2n) is 5.17. The molecule has 1 aromatic carbocycles. The maximum Gasteiger partial charge on any atom is 0.270 e. The zero-order valence-corrected chi connectivity index (χ0v) is 11.6. The highest BCUT2D eigenvalue weighted by atomic mass is 16.5. The fraction of sp³-hybridized carbons (Fsp3) is 0.400.